The van der Waals surface area contributed by atoms with Gasteiger partial charge in [0.2, 0.25) is 10.0 Å². The van der Waals surface area contributed by atoms with E-state index in [9.17, 15) is 13.2 Å². The summed E-state index contributed by atoms with van der Waals surface area (Å²) in [7, 11) is -3.76. The molecule has 0 aliphatic heterocycles. The van der Waals surface area contributed by atoms with Gasteiger partial charge in [0, 0.05) is 24.0 Å². The molecule has 0 radical (unpaired) electrons. The first kappa shape index (κ1) is 19.9. The fraction of sp³-hybridized carbons (Fsp3) is 0.100. The van der Waals surface area contributed by atoms with Crippen LogP contribution in [0.25, 0.3) is 0 Å². The van der Waals surface area contributed by atoms with Gasteiger partial charge in [-0.2, -0.15) is 0 Å². The Morgan fingerprint density at radius 2 is 1.75 bits per heavy atom. The lowest BCUT2D eigenvalue weighted by Crippen LogP contribution is -2.25. The minimum atomic E-state index is -3.76. The number of nitrogens with zero attached hydrogens (tertiary/aromatic N) is 1. The maximum absolute atomic E-state index is 12.6. The van der Waals surface area contributed by atoms with Crippen LogP contribution in [-0.4, -0.2) is 19.3 Å². The van der Waals surface area contributed by atoms with Crippen molar-refractivity contribution < 1.29 is 13.2 Å². The SMILES string of the molecule is O=C(NCc1cccnc1)c1ccccc1NS(=O)(=O)Cc1ccccc1Cl. The van der Waals surface area contributed by atoms with Crippen LogP contribution in [0.15, 0.2) is 73.1 Å². The Hall–Kier alpha value is -2.90. The number of amides is 1. The van der Waals surface area contributed by atoms with Crippen LogP contribution in [0.5, 0.6) is 0 Å². The van der Waals surface area contributed by atoms with E-state index in [2.05, 4.69) is 15.0 Å². The van der Waals surface area contributed by atoms with Crippen LogP contribution in [0.1, 0.15) is 21.5 Å². The number of halogens is 1. The number of anilines is 1. The molecule has 0 fully saturated rings. The predicted octanol–water partition coefficient (Wildman–Crippen LogP) is 3.61. The van der Waals surface area contributed by atoms with Crippen molar-refractivity contribution in [2.75, 3.05) is 4.72 Å². The molecule has 0 aliphatic carbocycles. The Balaban J connectivity index is 1.74. The van der Waals surface area contributed by atoms with Crippen LogP contribution >= 0.6 is 11.6 Å². The smallest absolute Gasteiger partial charge is 0.253 e. The average Bonchev–Trinajstić information content (AvgIpc) is 2.69. The van der Waals surface area contributed by atoms with Gasteiger partial charge in [-0.1, -0.05) is 48.0 Å². The maximum Gasteiger partial charge on any atom is 0.253 e. The van der Waals surface area contributed by atoms with Crippen molar-refractivity contribution in [3.8, 4) is 0 Å². The van der Waals surface area contributed by atoms with Gasteiger partial charge in [-0.15, -0.1) is 0 Å². The maximum atomic E-state index is 12.6. The van der Waals surface area contributed by atoms with E-state index in [1.54, 1.807) is 67.0 Å². The van der Waals surface area contributed by atoms with Crippen molar-refractivity contribution in [2.24, 2.45) is 0 Å². The number of carbonyl (C=O) groups excluding carboxylic acids is 1. The number of aromatic nitrogens is 1. The third-order valence-corrected chi connectivity index (χ3v) is 5.51. The zero-order chi connectivity index (χ0) is 20.0. The van der Waals surface area contributed by atoms with Gasteiger partial charge in [-0.25, -0.2) is 8.42 Å². The fourth-order valence-electron chi connectivity index (χ4n) is 2.57. The molecule has 0 bridgehead atoms. The van der Waals surface area contributed by atoms with Gasteiger partial charge >= 0.3 is 0 Å². The molecule has 144 valence electrons. The summed E-state index contributed by atoms with van der Waals surface area (Å²) in [6.45, 7) is 0.285. The molecule has 28 heavy (non-hydrogen) atoms. The molecule has 3 aromatic rings. The number of para-hydroxylation sites is 1. The normalized spacial score (nSPS) is 11.0. The van der Waals surface area contributed by atoms with E-state index in [4.69, 9.17) is 11.6 Å². The van der Waals surface area contributed by atoms with Crippen molar-refractivity contribution in [1.29, 1.82) is 0 Å². The minimum Gasteiger partial charge on any atom is -0.348 e. The van der Waals surface area contributed by atoms with Gasteiger partial charge in [-0.3, -0.25) is 14.5 Å². The summed E-state index contributed by atoms with van der Waals surface area (Å²) in [5.74, 6) is -0.682. The van der Waals surface area contributed by atoms with Gasteiger partial charge in [0.25, 0.3) is 5.91 Å². The van der Waals surface area contributed by atoms with Gasteiger partial charge < -0.3 is 5.32 Å². The highest BCUT2D eigenvalue weighted by atomic mass is 35.5. The van der Waals surface area contributed by atoms with Crippen LogP contribution in [0, 0.1) is 0 Å². The van der Waals surface area contributed by atoms with E-state index in [1.165, 1.54) is 0 Å². The number of hydrogen-bond acceptors (Lipinski definition) is 4. The topological polar surface area (TPSA) is 88.2 Å². The van der Waals surface area contributed by atoms with E-state index in [0.717, 1.165) is 5.56 Å². The summed E-state index contributed by atoms with van der Waals surface area (Å²) < 4.78 is 27.6. The molecule has 0 atom stereocenters. The molecular formula is C20H18ClN3O3S. The van der Waals surface area contributed by atoms with Crippen molar-refractivity contribution in [1.82, 2.24) is 10.3 Å². The predicted molar refractivity (Wildman–Crippen MR) is 110 cm³/mol. The molecule has 2 N–H and O–H groups in total. The van der Waals surface area contributed by atoms with E-state index in [-0.39, 0.29) is 29.5 Å². The minimum absolute atomic E-state index is 0.207. The fourth-order valence-corrected chi connectivity index (χ4v) is 4.10. The van der Waals surface area contributed by atoms with Gasteiger partial charge in [0.1, 0.15) is 0 Å². The van der Waals surface area contributed by atoms with Crippen LogP contribution in [0.3, 0.4) is 0 Å². The Kier molecular flexibility index (Phi) is 6.28. The summed E-state index contributed by atoms with van der Waals surface area (Å²) in [4.78, 5) is 16.5. The molecule has 0 saturated heterocycles. The van der Waals surface area contributed by atoms with Gasteiger partial charge in [0.05, 0.1) is 17.0 Å². The largest absolute Gasteiger partial charge is 0.348 e. The molecule has 3 rings (SSSR count). The molecule has 1 amide bonds. The van der Waals surface area contributed by atoms with Crippen molar-refractivity contribution in [3.05, 3.63) is 94.8 Å². The summed E-state index contributed by atoms with van der Waals surface area (Å²) in [5.41, 5.74) is 1.76. The lowest BCUT2D eigenvalue weighted by atomic mass is 10.1. The second-order valence-electron chi connectivity index (χ2n) is 6.04. The van der Waals surface area contributed by atoms with E-state index >= 15 is 0 Å². The number of pyridine rings is 1. The first-order valence-electron chi connectivity index (χ1n) is 8.45. The van der Waals surface area contributed by atoms with Crippen molar-refractivity contribution in [2.45, 2.75) is 12.3 Å². The van der Waals surface area contributed by atoms with Crippen molar-refractivity contribution >= 4 is 33.2 Å². The van der Waals surface area contributed by atoms with Crippen LogP contribution < -0.4 is 10.0 Å². The number of carbonyl (C=O) groups is 1. The van der Waals surface area contributed by atoms with Crippen LogP contribution in [-0.2, 0) is 22.3 Å². The molecule has 6 nitrogen and oxygen atoms in total. The highest BCUT2D eigenvalue weighted by Crippen LogP contribution is 2.21. The number of benzene rings is 2. The quantitative estimate of drug-likeness (QED) is 0.617. The molecule has 8 heteroatoms. The summed E-state index contributed by atoms with van der Waals surface area (Å²) in [6.07, 6.45) is 3.30. The zero-order valence-corrected chi connectivity index (χ0v) is 16.4. The van der Waals surface area contributed by atoms with Crippen molar-refractivity contribution in [3.63, 3.8) is 0 Å². The highest BCUT2D eigenvalue weighted by Gasteiger charge is 2.18. The molecule has 0 saturated carbocycles. The molecule has 1 heterocycles. The summed E-state index contributed by atoms with van der Waals surface area (Å²) in [5, 5.41) is 3.14. The van der Waals surface area contributed by atoms with E-state index in [0.29, 0.717) is 10.6 Å². The van der Waals surface area contributed by atoms with Crippen LogP contribution in [0.4, 0.5) is 5.69 Å². The van der Waals surface area contributed by atoms with Gasteiger partial charge in [-0.05, 0) is 35.4 Å². The number of hydrogen-bond donors (Lipinski definition) is 2. The Bertz CT molecular complexity index is 1070. The Labute approximate surface area is 168 Å². The second-order valence-corrected chi connectivity index (χ2v) is 8.17. The monoisotopic (exact) mass is 415 g/mol. The van der Waals surface area contributed by atoms with Gasteiger partial charge in [0.15, 0.2) is 0 Å². The Morgan fingerprint density at radius 1 is 1.00 bits per heavy atom. The van der Waals surface area contributed by atoms with E-state index in [1.807, 2.05) is 6.07 Å². The number of nitrogens with one attached hydrogen (secondary N) is 2. The summed E-state index contributed by atoms with van der Waals surface area (Å²) >= 11 is 6.05. The third kappa shape index (κ3) is 5.31. The molecular weight excluding hydrogens is 398 g/mol. The first-order valence-corrected chi connectivity index (χ1v) is 10.5. The lowest BCUT2D eigenvalue weighted by molar-refractivity contribution is 0.0952. The second kappa shape index (κ2) is 8.86. The number of sulfonamides is 1. The highest BCUT2D eigenvalue weighted by molar-refractivity contribution is 7.91. The zero-order valence-electron chi connectivity index (χ0n) is 14.8. The number of rotatable bonds is 7. The molecule has 2 aromatic carbocycles. The molecule has 0 aliphatic rings. The van der Waals surface area contributed by atoms with E-state index < -0.39 is 10.0 Å². The lowest BCUT2D eigenvalue weighted by Gasteiger charge is -2.13. The average molecular weight is 416 g/mol. The standard InChI is InChI=1S/C20H18ClN3O3S/c21-18-9-3-1-7-16(18)14-28(26,27)24-19-10-4-2-8-17(19)20(25)23-13-15-6-5-11-22-12-15/h1-12,24H,13-14H2,(H,23,25). The molecule has 1 aromatic heterocycles. The van der Waals surface area contributed by atoms with Crippen LogP contribution in [0.2, 0.25) is 5.02 Å². The summed E-state index contributed by atoms with van der Waals surface area (Å²) in [6, 6.07) is 16.8. The Morgan fingerprint density at radius 3 is 2.50 bits per heavy atom. The third-order valence-electron chi connectivity index (χ3n) is 3.92. The molecule has 0 unspecified atom stereocenters. The first-order chi connectivity index (χ1) is 13.4. The molecule has 0 spiro atoms.